The highest BCUT2D eigenvalue weighted by Gasteiger charge is 2.24. The molecule has 1 N–H and O–H groups in total. The second kappa shape index (κ2) is 8.77. The fraction of sp³-hybridized carbons (Fsp3) is 0.929. The molecule has 5 heteroatoms. The Labute approximate surface area is 122 Å². The summed E-state index contributed by atoms with van der Waals surface area (Å²) in [6.45, 7) is 3.95. The van der Waals surface area contributed by atoms with E-state index in [0.717, 1.165) is 57.8 Å². The van der Waals surface area contributed by atoms with Crippen LogP contribution in [-0.4, -0.2) is 50.2 Å². The number of likely N-dealkylation sites (tertiary alicyclic amines) is 1. The van der Waals surface area contributed by atoms with Crippen molar-refractivity contribution >= 4 is 18.3 Å². The molecule has 2 fully saturated rings. The average molecular weight is 291 g/mol. The fourth-order valence-corrected chi connectivity index (χ4v) is 3.01. The van der Waals surface area contributed by atoms with Gasteiger partial charge in [-0.15, -0.1) is 12.4 Å². The van der Waals surface area contributed by atoms with Crippen LogP contribution < -0.4 is 5.32 Å². The van der Waals surface area contributed by atoms with Gasteiger partial charge in [0.25, 0.3) is 0 Å². The SMILES string of the molecule is COC1CCCN(C(=O)CCC2CCNCC2)C1.Cl. The molecule has 1 unspecified atom stereocenters. The zero-order chi connectivity index (χ0) is 12.8. The number of hydrogen-bond acceptors (Lipinski definition) is 3. The number of halogens is 1. The van der Waals surface area contributed by atoms with Crippen LogP contribution in [0.15, 0.2) is 0 Å². The first-order valence-corrected chi connectivity index (χ1v) is 7.31. The van der Waals surface area contributed by atoms with Crippen molar-refractivity contribution in [3.8, 4) is 0 Å². The standard InChI is InChI=1S/C14H26N2O2.ClH/c1-18-13-3-2-10-16(11-13)14(17)5-4-12-6-8-15-9-7-12;/h12-13,15H,2-11H2,1H3;1H. The van der Waals surface area contributed by atoms with Crippen LogP contribution in [0.25, 0.3) is 0 Å². The molecule has 0 saturated carbocycles. The Bertz CT molecular complexity index is 270. The topological polar surface area (TPSA) is 41.6 Å². The van der Waals surface area contributed by atoms with Crippen molar-refractivity contribution in [1.82, 2.24) is 10.2 Å². The van der Waals surface area contributed by atoms with Gasteiger partial charge in [-0.1, -0.05) is 0 Å². The van der Waals surface area contributed by atoms with Gasteiger partial charge in [-0.25, -0.2) is 0 Å². The summed E-state index contributed by atoms with van der Waals surface area (Å²) in [5.74, 6) is 1.08. The number of hydrogen-bond donors (Lipinski definition) is 1. The number of piperidine rings is 2. The molecule has 112 valence electrons. The molecule has 1 atom stereocenters. The number of nitrogens with zero attached hydrogens (tertiary/aromatic N) is 1. The molecule has 0 aromatic carbocycles. The predicted octanol–water partition coefficient (Wildman–Crippen LogP) is 1.83. The van der Waals surface area contributed by atoms with E-state index in [0.29, 0.717) is 5.91 Å². The predicted molar refractivity (Wildman–Crippen MR) is 78.7 cm³/mol. The number of carbonyl (C=O) groups is 1. The van der Waals surface area contributed by atoms with Crippen molar-refractivity contribution in [2.24, 2.45) is 5.92 Å². The minimum absolute atomic E-state index is 0. The summed E-state index contributed by atoms with van der Waals surface area (Å²) in [5, 5.41) is 3.37. The molecule has 2 aliphatic heterocycles. The summed E-state index contributed by atoms with van der Waals surface area (Å²) in [4.78, 5) is 14.2. The van der Waals surface area contributed by atoms with E-state index >= 15 is 0 Å². The number of ether oxygens (including phenoxy) is 1. The zero-order valence-electron chi connectivity index (χ0n) is 11.9. The lowest BCUT2D eigenvalue weighted by Crippen LogP contribution is -2.43. The average Bonchev–Trinajstić information content (AvgIpc) is 2.46. The molecule has 0 spiro atoms. The van der Waals surface area contributed by atoms with Gasteiger partial charge in [-0.05, 0) is 51.1 Å². The van der Waals surface area contributed by atoms with Gasteiger partial charge in [0.05, 0.1) is 6.10 Å². The third-order valence-electron chi connectivity index (χ3n) is 4.29. The van der Waals surface area contributed by atoms with Crippen molar-refractivity contribution in [2.45, 2.75) is 44.6 Å². The van der Waals surface area contributed by atoms with Gasteiger partial charge in [-0.3, -0.25) is 4.79 Å². The zero-order valence-corrected chi connectivity index (χ0v) is 12.7. The molecular formula is C14H27ClN2O2. The summed E-state index contributed by atoms with van der Waals surface area (Å²) >= 11 is 0. The van der Waals surface area contributed by atoms with E-state index in [-0.39, 0.29) is 18.5 Å². The summed E-state index contributed by atoms with van der Waals surface area (Å²) in [5.41, 5.74) is 0. The first-order valence-electron chi connectivity index (χ1n) is 7.31. The van der Waals surface area contributed by atoms with Crippen molar-refractivity contribution in [3.05, 3.63) is 0 Å². The Morgan fingerprint density at radius 1 is 1.32 bits per heavy atom. The molecule has 0 aromatic heterocycles. The fourth-order valence-electron chi connectivity index (χ4n) is 3.01. The maximum atomic E-state index is 12.2. The molecule has 0 aromatic rings. The molecular weight excluding hydrogens is 264 g/mol. The van der Waals surface area contributed by atoms with Gasteiger partial charge in [0.15, 0.2) is 0 Å². The van der Waals surface area contributed by atoms with Crippen LogP contribution in [0, 0.1) is 5.92 Å². The number of nitrogens with one attached hydrogen (secondary N) is 1. The van der Waals surface area contributed by atoms with Crippen LogP contribution >= 0.6 is 12.4 Å². The maximum absolute atomic E-state index is 12.2. The highest BCUT2D eigenvalue weighted by atomic mass is 35.5. The van der Waals surface area contributed by atoms with Crippen LogP contribution in [0.2, 0.25) is 0 Å². The van der Waals surface area contributed by atoms with E-state index in [9.17, 15) is 4.79 Å². The molecule has 2 saturated heterocycles. The van der Waals surface area contributed by atoms with Crippen molar-refractivity contribution in [3.63, 3.8) is 0 Å². The summed E-state index contributed by atoms with van der Waals surface area (Å²) in [6.07, 6.45) is 6.67. The van der Waals surface area contributed by atoms with E-state index in [1.165, 1.54) is 12.8 Å². The van der Waals surface area contributed by atoms with E-state index < -0.39 is 0 Å². The lowest BCUT2D eigenvalue weighted by Gasteiger charge is -2.32. The monoisotopic (exact) mass is 290 g/mol. The van der Waals surface area contributed by atoms with Crippen LogP contribution in [-0.2, 0) is 9.53 Å². The highest BCUT2D eigenvalue weighted by molar-refractivity contribution is 5.85. The number of amides is 1. The second-order valence-electron chi connectivity index (χ2n) is 5.57. The maximum Gasteiger partial charge on any atom is 0.222 e. The summed E-state index contributed by atoms with van der Waals surface area (Å²) in [7, 11) is 1.74. The Morgan fingerprint density at radius 3 is 2.74 bits per heavy atom. The number of carbonyl (C=O) groups excluding carboxylic acids is 1. The van der Waals surface area contributed by atoms with E-state index in [4.69, 9.17) is 4.74 Å². The lowest BCUT2D eigenvalue weighted by atomic mass is 9.93. The van der Waals surface area contributed by atoms with Gasteiger partial charge < -0.3 is 15.0 Å². The molecule has 0 aliphatic carbocycles. The number of methoxy groups -OCH3 is 1. The first kappa shape index (κ1) is 16.7. The largest absolute Gasteiger partial charge is 0.380 e. The van der Waals surface area contributed by atoms with Crippen LogP contribution in [0.1, 0.15) is 38.5 Å². The molecule has 19 heavy (non-hydrogen) atoms. The van der Waals surface area contributed by atoms with Crippen molar-refractivity contribution in [1.29, 1.82) is 0 Å². The lowest BCUT2D eigenvalue weighted by molar-refractivity contribution is -0.135. The van der Waals surface area contributed by atoms with E-state index in [1.54, 1.807) is 7.11 Å². The Kier molecular flexibility index (Phi) is 7.73. The van der Waals surface area contributed by atoms with Crippen LogP contribution in [0.5, 0.6) is 0 Å². The van der Waals surface area contributed by atoms with E-state index in [1.807, 2.05) is 4.90 Å². The minimum Gasteiger partial charge on any atom is -0.380 e. The van der Waals surface area contributed by atoms with E-state index in [2.05, 4.69) is 5.32 Å². The second-order valence-corrected chi connectivity index (χ2v) is 5.57. The molecule has 2 rings (SSSR count). The smallest absolute Gasteiger partial charge is 0.222 e. The quantitative estimate of drug-likeness (QED) is 0.859. The highest BCUT2D eigenvalue weighted by Crippen LogP contribution is 2.20. The van der Waals surface area contributed by atoms with Gasteiger partial charge in [0.1, 0.15) is 0 Å². The Balaban J connectivity index is 0.00000180. The number of rotatable bonds is 4. The first-order chi connectivity index (χ1) is 8.79. The van der Waals surface area contributed by atoms with Gasteiger partial charge in [0, 0.05) is 26.6 Å². The molecule has 0 radical (unpaired) electrons. The van der Waals surface area contributed by atoms with Gasteiger partial charge in [-0.2, -0.15) is 0 Å². The Morgan fingerprint density at radius 2 is 2.05 bits per heavy atom. The summed E-state index contributed by atoms with van der Waals surface area (Å²) in [6, 6.07) is 0. The Hall–Kier alpha value is -0.320. The van der Waals surface area contributed by atoms with Crippen LogP contribution in [0.4, 0.5) is 0 Å². The third-order valence-corrected chi connectivity index (χ3v) is 4.29. The molecule has 0 bridgehead atoms. The molecule has 1 amide bonds. The minimum atomic E-state index is 0. The van der Waals surface area contributed by atoms with Crippen molar-refractivity contribution in [2.75, 3.05) is 33.3 Å². The van der Waals surface area contributed by atoms with Crippen molar-refractivity contribution < 1.29 is 9.53 Å². The molecule has 4 nitrogen and oxygen atoms in total. The van der Waals surface area contributed by atoms with Crippen LogP contribution in [0.3, 0.4) is 0 Å². The molecule has 2 heterocycles. The van der Waals surface area contributed by atoms with Gasteiger partial charge >= 0.3 is 0 Å². The normalized spacial score (nSPS) is 24.9. The van der Waals surface area contributed by atoms with Gasteiger partial charge in [0.2, 0.25) is 5.91 Å². The summed E-state index contributed by atoms with van der Waals surface area (Å²) < 4.78 is 5.36. The molecule has 2 aliphatic rings. The third kappa shape index (κ3) is 5.28.